The summed E-state index contributed by atoms with van der Waals surface area (Å²) < 4.78 is 5.12. The molecule has 1 heterocycles. The number of hydrogen-bond donors (Lipinski definition) is 2. The number of anilines is 1. The third-order valence-corrected chi connectivity index (χ3v) is 4.58. The Bertz CT molecular complexity index is 742. The van der Waals surface area contributed by atoms with Crippen LogP contribution in [0.25, 0.3) is 0 Å². The smallest absolute Gasteiger partial charge is 0.408 e. The second-order valence-electron chi connectivity index (χ2n) is 7.93. The van der Waals surface area contributed by atoms with Gasteiger partial charge in [0.15, 0.2) is 0 Å². The van der Waals surface area contributed by atoms with Gasteiger partial charge in [-0.25, -0.2) is 4.79 Å². The molecule has 8 nitrogen and oxygen atoms in total. The molecule has 1 fully saturated rings. The number of rotatable bonds is 5. The summed E-state index contributed by atoms with van der Waals surface area (Å²) in [6.07, 6.45) is -0.677. The van der Waals surface area contributed by atoms with E-state index in [2.05, 4.69) is 15.5 Å². The van der Waals surface area contributed by atoms with Gasteiger partial charge in [0.1, 0.15) is 11.6 Å². The first-order valence-electron chi connectivity index (χ1n) is 9.60. The molecule has 0 unspecified atom stereocenters. The number of alkyl carbamates (subject to hydrolysis) is 1. The maximum Gasteiger partial charge on any atom is 0.408 e. The number of hydrogen-bond acceptors (Lipinski definition) is 5. The van der Waals surface area contributed by atoms with Crippen LogP contribution < -0.4 is 15.5 Å². The molecule has 0 aliphatic carbocycles. The monoisotopic (exact) mass is 424 g/mol. The largest absolute Gasteiger partial charge is 0.444 e. The highest BCUT2D eigenvalue weighted by molar-refractivity contribution is 6.30. The van der Waals surface area contributed by atoms with Gasteiger partial charge in [-0.3, -0.25) is 9.59 Å². The molecule has 29 heavy (non-hydrogen) atoms. The van der Waals surface area contributed by atoms with E-state index in [9.17, 15) is 14.4 Å². The van der Waals surface area contributed by atoms with Gasteiger partial charge >= 0.3 is 6.09 Å². The summed E-state index contributed by atoms with van der Waals surface area (Å²) in [5.41, 5.74) is 0.378. The number of nitrogens with one attached hydrogen (secondary N) is 2. The molecule has 0 bridgehead atoms. The number of benzene rings is 1. The number of halogens is 1. The summed E-state index contributed by atoms with van der Waals surface area (Å²) in [7, 11) is 0. The van der Waals surface area contributed by atoms with Gasteiger partial charge in [0, 0.05) is 36.9 Å². The second-order valence-corrected chi connectivity index (χ2v) is 8.37. The molecule has 0 radical (unpaired) electrons. The van der Waals surface area contributed by atoms with Crippen LogP contribution in [0.2, 0.25) is 5.02 Å². The highest BCUT2D eigenvalue weighted by Gasteiger charge is 2.24. The van der Waals surface area contributed by atoms with E-state index < -0.39 is 23.6 Å². The van der Waals surface area contributed by atoms with E-state index >= 15 is 0 Å². The molecule has 1 atom stereocenters. The number of carbonyl (C=O) groups excluding carboxylic acids is 3. The molecule has 160 valence electrons. The fourth-order valence-corrected chi connectivity index (χ4v) is 3.05. The minimum absolute atomic E-state index is 0.115. The normalized spacial score (nSPS) is 15.5. The Balaban J connectivity index is 1.74. The van der Waals surface area contributed by atoms with Crippen molar-refractivity contribution in [1.82, 2.24) is 15.5 Å². The molecule has 2 rings (SSSR count). The minimum atomic E-state index is -0.808. The molecule has 1 aliphatic heterocycles. The summed E-state index contributed by atoms with van der Waals surface area (Å²) >= 11 is 6.04. The van der Waals surface area contributed by atoms with Crippen molar-refractivity contribution in [3.05, 3.63) is 29.3 Å². The highest BCUT2D eigenvalue weighted by atomic mass is 35.5. The predicted molar refractivity (Wildman–Crippen MR) is 112 cm³/mol. The molecule has 0 aromatic heterocycles. The van der Waals surface area contributed by atoms with E-state index in [0.717, 1.165) is 5.69 Å². The lowest BCUT2D eigenvalue weighted by Crippen LogP contribution is -2.53. The van der Waals surface area contributed by atoms with E-state index in [1.165, 1.54) is 6.92 Å². The van der Waals surface area contributed by atoms with Crippen LogP contribution in [0.4, 0.5) is 10.5 Å². The number of amides is 3. The lowest BCUT2D eigenvalue weighted by atomic mass is 10.2. The van der Waals surface area contributed by atoms with Crippen LogP contribution in [0, 0.1) is 0 Å². The lowest BCUT2D eigenvalue weighted by molar-refractivity contribution is -0.133. The molecular formula is C20H29ClN4O4. The van der Waals surface area contributed by atoms with Crippen molar-refractivity contribution in [3.63, 3.8) is 0 Å². The van der Waals surface area contributed by atoms with Gasteiger partial charge in [-0.15, -0.1) is 0 Å². The number of piperazine rings is 1. The SMILES string of the molecule is C[C@@H](NC(=O)OC(C)(C)C)C(=O)NCC(=O)N1CCN(c2cccc(Cl)c2)CC1. The van der Waals surface area contributed by atoms with Crippen molar-refractivity contribution >= 4 is 35.2 Å². The average Bonchev–Trinajstić information content (AvgIpc) is 2.64. The Morgan fingerprint density at radius 2 is 1.83 bits per heavy atom. The summed E-state index contributed by atoms with van der Waals surface area (Å²) in [6, 6.07) is 6.81. The van der Waals surface area contributed by atoms with E-state index in [-0.39, 0.29) is 12.5 Å². The molecule has 3 amide bonds. The summed E-state index contributed by atoms with van der Waals surface area (Å²) in [5.74, 6) is -0.602. The summed E-state index contributed by atoms with van der Waals surface area (Å²) in [6.45, 7) is 9.14. The number of ether oxygens (including phenoxy) is 1. The molecule has 0 saturated carbocycles. The molecular weight excluding hydrogens is 396 g/mol. The third kappa shape index (κ3) is 7.45. The topological polar surface area (TPSA) is 91.0 Å². The van der Waals surface area contributed by atoms with Gasteiger partial charge in [0.05, 0.1) is 6.54 Å². The minimum Gasteiger partial charge on any atom is -0.444 e. The predicted octanol–water partition coefficient (Wildman–Crippen LogP) is 2.02. The fraction of sp³-hybridized carbons (Fsp3) is 0.550. The Morgan fingerprint density at radius 3 is 2.41 bits per heavy atom. The van der Waals surface area contributed by atoms with Gasteiger partial charge in [-0.05, 0) is 45.9 Å². The van der Waals surface area contributed by atoms with Crippen molar-refractivity contribution in [2.75, 3.05) is 37.6 Å². The molecule has 1 aromatic carbocycles. The number of nitrogens with zero attached hydrogens (tertiary/aromatic N) is 2. The first kappa shape index (κ1) is 22.8. The first-order chi connectivity index (χ1) is 13.5. The van der Waals surface area contributed by atoms with Crippen molar-refractivity contribution in [1.29, 1.82) is 0 Å². The lowest BCUT2D eigenvalue weighted by Gasteiger charge is -2.36. The summed E-state index contributed by atoms with van der Waals surface area (Å²) in [5, 5.41) is 5.70. The quantitative estimate of drug-likeness (QED) is 0.754. The maximum atomic E-state index is 12.4. The zero-order chi connectivity index (χ0) is 21.6. The van der Waals surface area contributed by atoms with Crippen LogP contribution in [-0.4, -0.2) is 67.2 Å². The molecule has 9 heteroatoms. The van der Waals surface area contributed by atoms with E-state index in [4.69, 9.17) is 16.3 Å². The Kier molecular flexibility index (Phi) is 7.73. The van der Waals surface area contributed by atoms with E-state index in [1.54, 1.807) is 25.7 Å². The Morgan fingerprint density at radius 1 is 1.17 bits per heavy atom. The fourth-order valence-electron chi connectivity index (χ4n) is 2.86. The Hall–Kier alpha value is -2.48. The van der Waals surface area contributed by atoms with Crippen molar-refractivity contribution in [2.24, 2.45) is 0 Å². The standard InChI is InChI=1S/C20H29ClN4O4/c1-14(23-19(28)29-20(2,3)4)18(27)22-13-17(26)25-10-8-24(9-11-25)16-7-5-6-15(21)12-16/h5-7,12,14H,8-11,13H2,1-4H3,(H,22,27)(H,23,28)/t14-/m1/s1. The molecule has 0 spiro atoms. The van der Waals surface area contributed by atoms with E-state index in [0.29, 0.717) is 31.2 Å². The van der Waals surface area contributed by atoms with Crippen molar-refractivity contribution in [3.8, 4) is 0 Å². The second kappa shape index (κ2) is 9.82. The van der Waals surface area contributed by atoms with Crippen molar-refractivity contribution in [2.45, 2.75) is 39.3 Å². The van der Waals surface area contributed by atoms with Crippen LogP contribution in [0.1, 0.15) is 27.7 Å². The van der Waals surface area contributed by atoms with Crippen LogP contribution in [0.3, 0.4) is 0 Å². The van der Waals surface area contributed by atoms with Gasteiger partial charge in [0.25, 0.3) is 0 Å². The van der Waals surface area contributed by atoms with Gasteiger partial charge in [-0.2, -0.15) is 0 Å². The molecule has 1 aromatic rings. The third-order valence-electron chi connectivity index (χ3n) is 4.35. The molecule has 1 aliphatic rings. The molecule has 1 saturated heterocycles. The van der Waals surface area contributed by atoms with Crippen molar-refractivity contribution < 1.29 is 19.1 Å². The Labute approximate surface area is 176 Å². The van der Waals surface area contributed by atoms with Gasteiger partial charge in [0.2, 0.25) is 11.8 Å². The zero-order valence-corrected chi connectivity index (χ0v) is 18.1. The van der Waals surface area contributed by atoms with Crippen LogP contribution in [0.5, 0.6) is 0 Å². The zero-order valence-electron chi connectivity index (χ0n) is 17.3. The van der Waals surface area contributed by atoms with Crippen LogP contribution >= 0.6 is 11.6 Å². The van der Waals surface area contributed by atoms with Gasteiger partial charge in [-0.1, -0.05) is 17.7 Å². The van der Waals surface area contributed by atoms with E-state index in [1.807, 2.05) is 24.3 Å². The van der Waals surface area contributed by atoms with Gasteiger partial charge < -0.3 is 25.2 Å². The average molecular weight is 425 g/mol. The maximum absolute atomic E-state index is 12.4. The highest BCUT2D eigenvalue weighted by Crippen LogP contribution is 2.20. The van der Waals surface area contributed by atoms with Crippen LogP contribution in [0.15, 0.2) is 24.3 Å². The molecule has 2 N–H and O–H groups in total. The first-order valence-corrected chi connectivity index (χ1v) is 9.98. The summed E-state index contributed by atoms with van der Waals surface area (Å²) in [4.78, 5) is 40.1. The van der Waals surface area contributed by atoms with Crippen LogP contribution in [-0.2, 0) is 14.3 Å². The number of carbonyl (C=O) groups is 3.